The van der Waals surface area contributed by atoms with Crippen LogP contribution in [-0.2, 0) is 9.53 Å². The van der Waals surface area contributed by atoms with Crippen molar-refractivity contribution in [2.45, 2.75) is 45.3 Å². The molecule has 0 aliphatic rings. The van der Waals surface area contributed by atoms with E-state index in [0.717, 1.165) is 12.8 Å². The van der Waals surface area contributed by atoms with Gasteiger partial charge in [0.15, 0.2) is 0 Å². The maximum atomic E-state index is 11.1. The number of hydrogen-bond donors (Lipinski definition) is 2. The molecule has 0 saturated heterocycles. The summed E-state index contributed by atoms with van der Waals surface area (Å²) in [5.74, 6) is -0.402. The van der Waals surface area contributed by atoms with Crippen LogP contribution in [0.2, 0.25) is 0 Å². The van der Waals surface area contributed by atoms with Crippen molar-refractivity contribution in [3.8, 4) is 0 Å². The molecule has 0 aromatic heterocycles. The standard InChI is InChI=1S/C11H20O4/c1-3-5-9(2)15-11(14)7-4-6-10(13)8-12/h4,7,9-10,12-13H,3,5-6,8H2,1-2H3. The summed E-state index contributed by atoms with van der Waals surface area (Å²) in [5.41, 5.74) is 0. The number of ether oxygens (including phenoxy) is 1. The molecule has 0 spiro atoms. The largest absolute Gasteiger partial charge is 0.460 e. The summed E-state index contributed by atoms with van der Waals surface area (Å²) in [6.07, 6.45) is 3.98. The van der Waals surface area contributed by atoms with E-state index in [2.05, 4.69) is 0 Å². The number of carbonyl (C=O) groups excluding carboxylic acids is 1. The summed E-state index contributed by atoms with van der Waals surface area (Å²) in [6, 6.07) is 0. The summed E-state index contributed by atoms with van der Waals surface area (Å²) in [6.45, 7) is 3.57. The smallest absolute Gasteiger partial charge is 0.330 e. The molecule has 0 rings (SSSR count). The molecule has 0 aliphatic heterocycles. The van der Waals surface area contributed by atoms with E-state index >= 15 is 0 Å². The minimum Gasteiger partial charge on any atom is -0.460 e. The fraction of sp³-hybridized carbons (Fsp3) is 0.727. The van der Waals surface area contributed by atoms with Crippen molar-refractivity contribution in [2.24, 2.45) is 0 Å². The van der Waals surface area contributed by atoms with Gasteiger partial charge in [-0.2, -0.15) is 0 Å². The van der Waals surface area contributed by atoms with E-state index < -0.39 is 12.1 Å². The molecule has 2 atom stereocenters. The molecule has 0 bridgehead atoms. The molecule has 0 fully saturated rings. The summed E-state index contributed by atoms with van der Waals surface area (Å²) < 4.78 is 5.04. The third-order valence-electron chi connectivity index (χ3n) is 1.89. The summed E-state index contributed by atoms with van der Waals surface area (Å²) >= 11 is 0. The lowest BCUT2D eigenvalue weighted by Gasteiger charge is -2.09. The van der Waals surface area contributed by atoms with Crippen LogP contribution in [0, 0.1) is 0 Å². The normalized spacial score (nSPS) is 15.2. The lowest BCUT2D eigenvalue weighted by atomic mass is 10.2. The van der Waals surface area contributed by atoms with E-state index in [-0.39, 0.29) is 19.1 Å². The second kappa shape index (κ2) is 8.44. The zero-order chi connectivity index (χ0) is 11.7. The molecule has 0 heterocycles. The van der Waals surface area contributed by atoms with Crippen molar-refractivity contribution < 1.29 is 19.7 Å². The van der Waals surface area contributed by atoms with Gasteiger partial charge in [-0.3, -0.25) is 0 Å². The highest BCUT2D eigenvalue weighted by atomic mass is 16.5. The van der Waals surface area contributed by atoms with E-state index in [0.29, 0.717) is 0 Å². The second-order valence-electron chi connectivity index (χ2n) is 3.51. The van der Waals surface area contributed by atoms with Crippen LogP contribution in [0.5, 0.6) is 0 Å². The highest BCUT2D eigenvalue weighted by Crippen LogP contribution is 2.02. The van der Waals surface area contributed by atoms with Crippen LogP contribution < -0.4 is 0 Å². The predicted molar refractivity (Wildman–Crippen MR) is 57.3 cm³/mol. The van der Waals surface area contributed by atoms with Crippen LogP contribution in [0.25, 0.3) is 0 Å². The van der Waals surface area contributed by atoms with Crippen LogP contribution in [0.3, 0.4) is 0 Å². The van der Waals surface area contributed by atoms with E-state index in [4.69, 9.17) is 14.9 Å². The number of aliphatic hydroxyl groups is 2. The molecule has 0 radical (unpaired) electrons. The van der Waals surface area contributed by atoms with Crippen LogP contribution in [0.1, 0.15) is 33.1 Å². The zero-order valence-corrected chi connectivity index (χ0v) is 9.35. The molecule has 88 valence electrons. The lowest BCUT2D eigenvalue weighted by molar-refractivity contribution is -0.142. The Kier molecular flexibility index (Phi) is 7.95. The van der Waals surface area contributed by atoms with Crippen molar-refractivity contribution in [1.82, 2.24) is 0 Å². The van der Waals surface area contributed by atoms with Gasteiger partial charge in [-0.15, -0.1) is 0 Å². The molecule has 0 amide bonds. The number of rotatable bonds is 7. The maximum Gasteiger partial charge on any atom is 0.330 e. The van der Waals surface area contributed by atoms with Crippen molar-refractivity contribution in [2.75, 3.05) is 6.61 Å². The predicted octanol–water partition coefficient (Wildman–Crippen LogP) is 1.02. The number of hydrogen-bond acceptors (Lipinski definition) is 4. The average Bonchev–Trinajstić information content (AvgIpc) is 2.17. The van der Waals surface area contributed by atoms with Gasteiger partial charge in [-0.25, -0.2) is 4.79 Å². The third-order valence-corrected chi connectivity index (χ3v) is 1.89. The van der Waals surface area contributed by atoms with Gasteiger partial charge in [0.1, 0.15) is 0 Å². The Morgan fingerprint density at radius 1 is 1.53 bits per heavy atom. The van der Waals surface area contributed by atoms with E-state index in [1.54, 1.807) is 0 Å². The Bertz CT molecular complexity index is 201. The second-order valence-corrected chi connectivity index (χ2v) is 3.51. The first-order valence-corrected chi connectivity index (χ1v) is 5.26. The molecule has 2 unspecified atom stereocenters. The Morgan fingerprint density at radius 3 is 2.73 bits per heavy atom. The van der Waals surface area contributed by atoms with Crippen LogP contribution >= 0.6 is 0 Å². The van der Waals surface area contributed by atoms with Crippen LogP contribution in [0.4, 0.5) is 0 Å². The lowest BCUT2D eigenvalue weighted by Crippen LogP contribution is -2.13. The van der Waals surface area contributed by atoms with E-state index in [1.807, 2.05) is 13.8 Å². The van der Waals surface area contributed by atoms with Gasteiger partial charge >= 0.3 is 5.97 Å². The van der Waals surface area contributed by atoms with Gasteiger partial charge in [0.25, 0.3) is 0 Å². The fourth-order valence-electron chi connectivity index (χ4n) is 1.10. The SMILES string of the molecule is CCCC(C)OC(=O)C=CCC(O)CO. The summed E-state index contributed by atoms with van der Waals surface area (Å²) in [7, 11) is 0. The first-order chi connectivity index (χ1) is 7.10. The molecule has 4 heteroatoms. The van der Waals surface area contributed by atoms with Gasteiger partial charge < -0.3 is 14.9 Å². The van der Waals surface area contributed by atoms with Gasteiger partial charge in [0.05, 0.1) is 18.8 Å². The maximum absolute atomic E-state index is 11.1. The topological polar surface area (TPSA) is 66.8 Å². The molecular formula is C11H20O4. The van der Waals surface area contributed by atoms with Crippen molar-refractivity contribution >= 4 is 5.97 Å². The monoisotopic (exact) mass is 216 g/mol. The van der Waals surface area contributed by atoms with Crippen LogP contribution in [0.15, 0.2) is 12.2 Å². The molecule has 15 heavy (non-hydrogen) atoms. The highest BCUT2D eigenvalue weighted by molar-refractivity contribution is 5.81. The van der Waals surface area contributed by atoms with Crippen molar-refractivity contribution in [1.29, 1.82) is 0 Å². The molecule has 0 saturated carbocycles. The third kappa shape index (κ3) is 8.15. The van der Waals surface area contributed by atoms with E-state index in [9.17, 15) is 4.79 Å². The highest BCUT2D eigenvalue weighted by Gasteiger charge is 2.05. The minimum absolute atomic E-state index is 0.0742. The summed E-state index contributed by atoms with van der Waals surface area (Å²) in [5, 5.41) is 17.5. The molecule has 0 aromatic rings. The minimum atomic E-state index is -0.804. The van der Waals surface area contributed by atoms with Crippen molar-refractivity contribution in [3.63, 3.8) is 0 Å². The number of carbonyl (C=O) groups is 1. The van der Waals surface area contributed by atoms with E-state index in [1.165, 1.54) is 12.2 Å². The fourth-order valence-corrected chi connectivity index (χ4v) is 1.10. The Morgan fingerprint density at radius 2 is 2.20 bits per heavy atom. The molecule has 4 nitrogen and oxygen atoms in total. The van der Waals surface area contributed by atoms with Gasteiger partial charge in [0.2, 0.25) is 0 Å². The number of aliphatic hydroxyl groups excluding tert-OH is 2. The molecule has 0 aliphatic carbocycles. The first kappa shape index (κ1) is 14.1. The quantitative estimate of drug-likeness (QED) is 0.492. The van der Waals surface area contributed by atoms with Crippen LogP contribution in [-0.4, -0.2) is 35.0 Å². The molecule has 2 N–H and O–H groups in total. The Hall–Kier alpha value is -0.870. The zero-order valence-electron chi connectivity index (χ0n) is 9.35. The number of esters is 1. The first-order valence-electron chi connectivity index (χ1n) is 5.26. The Balaban J connectivity index is 3.72. The average molecular weight is 216 g/mol. The Labute approximate surface area is 90.6 Å². The van der Waals surface area contributed by atoms with Crippen molar-refractivity contribution in [3.05, 3.63) is 12.2 Å². The van der Waals surface area contributed by atoms with Gasteiger partial charge in [-0.1, -0.05) is 19.4 Å². The van der Waals surface area contributed by atoms with Gasteiger partial charge in [0, 0.05) is 6.08 Å². The molecule has 0 aromatic carbocycles. The summed E-state index contributed by atoms with van der Waals surface area (Å²) in [4.78, 5) is 11.1. The molecular weight excluding hydrogens is 196 g/mol. The van der Waals surface area contributed by atoms with Gasteiger partial charge in [-0.05, 0) is 19.8 Å².